The van der Waals surface area contributed by atoms with E-state index in [4.69, 9.17) is 0 Å². The second kappa shape index (κ2) is 6.98. The Bertz CT molecular complexity index is 221. The molecule has 0 radical (unpaired) electrons. The van der Waals surface area contributed by atoms with E-state index in [1.54, 1.807) is 0 Å². The lowest BCUT2D eigenvalue weighted by molar-refractivity contribution is 0.162. The molecular weight excluding hydrogens is 234 g/mol. The number of hydrogen-bond acceptors (Lipinski definition) is 4. The number of hydrogen-bond donors (Lipinski definition) is 2. The van der Waals surface area contributed by atoms with Crippen molar-refractivity contribution in [1.82, 2.24) is 4.90 Å². The first-order valence-electron chi connectivity index (χ1n) is 6.94. The Morgan fingerprint density at radius 2 is 1.94 bits per heavy atom. The lowest BCUT2D eigenvalue weighted by Gasteiger charge is -2.25. The molecule has 0 bridgehead atoms. The van der Waals surface area contributed by atoms with Crippen molar-refractivity contribution in [3.63, 3.8) is 0 Å². The van der Waals surface area contributed by atoms with Gasteiger partial charge in [0.1, 0.15) is 0 Å². The highest BCUT2D eigenvalue weighted by Gasteiger charge is 2.29. The highest BCUT2D eigenvalue weighted by Crippen LogP contribution is 2.28. The summed E-state index contributed by atoms with van der Waals surface area (Å²) in [4.78, 5) is 2.25. The highest BCUT2D eigenvalue weighted by atomic mass is 32.2. The van der Waals surface area contributed by atoms with Gasteiger partial charge in [0.15, 0.2) is 0 Å². The van der Waals surface area contributed by atoms with Crippen LogP contribution in [0.25, 0.3) is 0 Å². The van der Waals surface area contributed by atoms with Gasteiger partial charge in [-0.25, -0.2) is 0 Å². The van der Waals surface area contributed by atoms with Crippen molar-refractivity contribution in [2.24, 2.45) is 0 Å². The number of β-amino-alcohol motifs (C(OH)–C–C–N with tert-alkyl or cyclic N) is 1. The van der Waals surface area contributed by atoms with E-state index in [1.165, 1.54) is 32.1 Å². The molecule has 17 heavy (non-hydrogen) atoms. The van der Waals surface area contributed by atoms with Gasteiger partial charge in [0.25, 0.3) is 0 Å². The quantitative estimate of drug-likeness (QED) is 0.785. The molecule has 3 nitrogen and oxygen atoms in total. The molecule has 2 N–H and O–H groups in total. The summed E-state index contributed by atoms with van der Waals surface area (Å²) in [5.74, 6) is 1.15. The van der Waals surface area contributed by atoms with Crippen LogP contribution in [0, 0.1) is 0 Å². The molecule has 0 aromatic rings. The third-order valence-electron chi connectivity index (χ3n) is 4.00. The molecule has 2 aliphatic rings. The maximum absolute atomic E-state index is 9.59. The standard InChI is InChI=1S/C13H25NO2S/c15-10-11-8-12(16)9-14(11)6-7-17-13-4-2-1-3-5-13/h11-13,15-16H,1-10H2/t11-,12-/m1/s1. The molecular formula is C13H25NO2S. The summed E-state index contributed by atoms with van der Waals surface area (Å²) in [6, 6.07) is 0.192. The summed E-state index contributed by atoms with van der Waals surface area (Å²) in [6.07, 6.45) is 7.51. The molecule has 1 aliphatic heterocycles. The zero-order valence-corrected chi connectivity index (χ0v) is 11.4. The summed E-state index contributed by atoms with van der Waals surface area (Å²) in [5, 5.41) is 19.7. The number of aliphatic hydroxyl groups excluding tert-OH is 2. The van der Waals surface area contributed by atoms with Crippen molar-refractivity contribution < 1.29 is 10.2 Å². The zero-order valence-electron chi connectivity index (χ0n) is 10.6. The van der Waals surface area contributed by atoms with Gasteiger partial charge in [0.05, 0.1) is 12.7 Å². The van der Waals surface area contributed by atoms with Crippen LogP contribution in [0.2, 0.25) is 0 Å². The van der Waals surface area contributed by atoms with Crippen LogP contribution in [-0.4, -0.2) is 58.0 Å². The largest absolute Gasteiger partial charge is 0.395 e. The topological polar surface area (TPSA) is 43.7 Å². The first-order valence-corrected chi connectivity index (χ1v) is 7.99. The van der Waals surface area contributed by atoms with E-state index in [2.05, 4.69) is 16.7 Å². The molecule has 1 saturated heterocycles. The average molecular weight is 259 g/mol. The number of nitrogens with zero attached hydrogens (tertiary/aromatic N) is 1. The normalized spacial score (nSPS) is 32.1. The van der Waals surface area contributed by atoms with Crippen molar-refractivity contribution in [3.8, 4) is 0 Å². The van der Waals surface area contributed by atoms with Gasteiger partial charge in [-0.05, 0) is 19.3 Å². The average Bonchev–Trinajstić information content (AvgIpc) is 2.71. The van der Waals surface area contributed by atoms with Gasteiger partial charge < -0.3 is 10.2 Å². The van der Waals surface area contributed by atoms with E-state index >= 15 is 0 Å². The predicted molar refractivity (Wildman–Crippen MR) is 72.4 cm³/mol. The maximum Gasteiger partial charge on any atom is 0.0683 e. The SMILES string of the molecule is OC[C@H]1C[C@@H](O)CN1CCSC1CCCCC1. The minimum absolute atomic E-state index is 0.186. The highest BCUT2D eigenvalue weighted by molar-refractivity contribution is 7.99. The summed E-state index contributed by atoms with van der Waals surface area (Å²) in [7, 11) is 0. The summed E-state index contributed by atoms with van der Waals surface area (Å²) >= 11 is 2.09. The minimum atomic E-state index is -0.230. The molecule has 0 amide bonds. The summed E-state index contributed by atoms with van der Waals surface area (Å²) < 4.78 is 0. The van der Waals surface area contributed by atoms with E-state index in [0.29, 0.717) is 0 Å². The van der Waals surface area contributed by atoms with E-state index in [1.807, 2.05) is 0 Å². The Morgan fingerprint density at radius 3 is 2.65 bits per heavy atom. The number of thioether (sulfide) groups is 1. The van der Waals surface area contributed by atoms with Crippen molar-refractivity contribution in [1.29, 1.82) is 0 Å². The fraction of sp³-hybridized carbons (Fsp3) is 1.00. The van der Waals surface area contributed by atoms with E-state index < -0.39 is 0 Å². The van der Waals surface area contributed by atoms with Gasteiger partial charge in [-0.2, -0.15) is 11.8 Å². The molecule has 100 valence electrons. The number of rotatable bonds is 5. The maximum atomic E-state index is 9.59. The number of likely N-dealkylation sites (tertiary alicyclic amines) is 1. The molecule has 1 saturated carbocycles. The second-order valence-corrected chi connectivity index (χ2v) is 6.76. The van der Waals surface area contributed by atoms with Crippen LogP contribution in [0.4, 0.5) is 0 Å². The van der Waals surface area contributed by atoms with Gasteiger partial charge >= 0.3 is 0 Å². The number of aliphatic hydroxyl groups is 2. The monoisotopic (exact) mass is 259 g/mol. The lowest BCUT2D eigenvalue weighted by Crippen LogP contribution is -2.34. The van der Waals surface area contributed by atoms with Crippen LogP contribution in [0.3, 0.4) is 0 Å². The van der Waals surface area contributed by atoms with Crippen molar-refractivity contribution in [3.05, 3.63) is 0 Å². The molecule has 0 aromatic carbocycles. The third-order valence-corrected chi connectivity index (χ3v) is 5.36. The Labute approximate surface area is 109 Å². The van der Waals surface area contributed by atoms with Crippen LogP contribution in [0.15, 0.2) is 0 Å². The summed E-state index contributed by atoms with van der Waals surface area (Å²) in [6.45, 7) is 1.95. The van der Waals surface area contributed by atoms with Crippen LogP contribution in [-0.2, 0) is 0 Å². The van der Waals surface area contributed by atoms with Crippen molar-refractivity contribution in [2.45, 2.75) is 55.9 Å². The van der Waals surface area contributed by atoms with E-state index in [0.717, 1.165) is 30.5 Å². The molecule has 1 heterocycles. The molecule has 0 aromatic heterocycles. The van der Waals surface area contributed by atoms with Crippen LogP contribution in [0.1, 0.15) is 38.5 Å². The smallest absolute Gasteiger partial charge is 0.0683 e. The van der Waals surface area contributed by atoms with Crippen LogP contribution < -0.4 is 0 Å². The van der Waals surface area contributed by atoms with Crippen LogP contribution >= 0.6 is 11.8 Å². The first kappa shape index (κ1) is 13.7. The van der Waals surface area contributed by atoms with Gasteiger partial charge in [0, 0.05) is 30.1 Å². The fourth-order valence-corrected chi connectivity index (χ4v) is 4.33. The molecule has 2 rings (SSSR count). The molecule has 1 aliphatic carbocycles. The second-order valence-electron chi connectivity index (χ2n) is 5.35. The zero-order chi connectivity index (χ0) is 12.1. The molecule has 2 fully saturated rings. The van der Waals surface area contributed by atoms with Crippen molar-refractivity contribution in [2.75, 3.05) is 25.4 Å². The molecule has 4 heteroatoms. The predicted octanol–water partition coefficient (Wildman–Crippen LogP) is 1.48. The Hall–Kier alpha value is 0.230. The Morgan fingerprint density at radius 1 is 1.18 bits per heavy atom. The van der Waals surface area contributed by atoms with Gasteiger partial charge in [-0.1, -0.05) is 19.3 Å². The van der Waals surface area contributed by atoms with E-state index in [-0.39, 0.29) is 18.8 Å². The van der Waals surface area contributed by atoms with Gasteiger partial charge in [0.2, 0.25) is 0 Å². The van der Waals surface area contributed by atoms with Crippen LogP contribution in [0.5, 0.6) is 0 Å². The van der Waals surface area contributed by atoms with E-state index in [9.17, 15) is 10.2 Å². The third kappa shape index (κ3) is 4.12. The van der Waals surface area contributed by atoms with Gasteiger partial charge in [-0.15, -0.1) is 0 Å². The molecule has 2 atom stereocenters. The molecule has 0 spiro atoms. The minimum Gasteiger partial charge on any atom is -0.395 e. The Balaban J connectivity index is 1.63. The first-order chi connectivity index (χ1) is 8.29. The van der Waals surface area contributed by atoms with Gasteiger partial charge in [-0.3, -0.25) is 4.90 Å². The fourth-order valence-electron chi connectivity index (χ4n) is 2.99. The summed E-state index contributed by atoms with van der Waals surface area (Å²) in [5.41, 5.74) is 0. The van der Waals surface area contributed by atoms with Crippen molar-refractivity contribution >= 4 is 11.8 Å². The molecule has 0 unspecified atom stereocenters. The lowest BCUT2D eigenvalue weighted by atomic mass is 10.0. The Kier molecular flexibility index (Phi) is 5.60.